The van der Waals surface area contributed by atoms with Crippen LogP contribution in [0, 0.1) is 0 Å². The fraction of sp³-hybridized carbons (Fsp3) is 0.278. The number of para-hydroxylation sites is 3. The Hall–Kier alpha value is -2.49. The van der Waals surface area contributed by atoms with Gasteiger partial charge in [0.15, 0.2) is 11.5 Å². The van der Waals surface area contributed by atoms with Crippen molar-refractivity contribution >= 4 is 11.6 Å². The molecule has 1 N–H and O–H groups in total. The van der Waals surface area contributed by atoms with Crippen LogP contribution >= 0.6 is 0 Å². The van der Waals surface area contributed by atoms with Gasteiger partial charge in [-0.05, 0) is 37.6 Å². The lowest BCUT2D eigenvalue weighted by Crippen LogP contribution is -2.12. The van der Waals surface area contributed by atoms with Crippen LogP contribution < -0.4 is 14.8 Å². The van der Waals surface area contributed by atoms with Crippen molar-refractivity contribution in [3.63, 3.8) is 0 Å². The molecule has 116 valence electrons. The molecule has 2 aromatic carbocycles. The molecule has 0 atom stereocenters. The van der Waals surface area contributed by atoms with Gasteiger partial charge < -0.3 is 14.8 Å². The van der Waals surface area contributed by atoms with Gasteiger partial charge in [0.1, 0.15) is 0 Å². The number of carbonyl (C=O) groups excluding carboxylic acids is 1. The lowest BCUT2D eigenvalue weighted by molar-refractivity contribution is -0.116. The largest absolute Gasteiger partial charge is 0.490 e. The van der Waals surface area contributed by atoms with Crippen molar-refractivity contribution in [3.8, 4) is 11.5 Å². The minimum atomic E-state index is -0.00658. The van der Waals surface area contributed by atoms with Crippen molar-refractivity contribution in [2.45, 2.75) is 19.8 Å². The standard InChI is InChI=1S/C18H21NO3/c1-2-21-16-11-6-7-12-17(16)22-14-8-13-18(20)19-15-9-4-3-5-10-15/h3-7,9-12H,2,8,13-14H2,1H3,(H,19,20). The Balaban J connectivity index is 1.72. The van der Waals surface area contributed by atoms with Gasteiger partial charge in [0.2, 0.25) is 5.91 Å². The normalized spacial score (nSPS) is 10.0. The third-order valence-corrected chi connectivity index (χ3v) is 3.01. The number of amides is 1. The van der Waals surface area contributed by atoms with E-state index in [1.54, 1.807) is 0 Å². The van der Waals surface area contributed by atoms with Crippen LogP contribution in [0.4, 0.5) is 5.69 Å². The highest BCUT2D eigenvalue weighted by Gasteiger charge is 2.05. The van der Waals surface area contributed by atoms with E-state index in [2.05, 4.69) is 5.32 Å². The van der Waals surface area contributed by atoms with E-state index in [9.17, 15) is 4.79 Å². The van der Waals surface area contributed by atoms with Gasteiger partial charge >= 0.3 is 0 Å². The maximum atomic E-state index is 11.8. The Labute approximate surface area is 131 Å². The molecule has 2 aromatic rings. The van der Waals surface area contributed by atoms with E-state index < -0.39 is 0 Å². The highest BCUT2D eigenvalue weighted by atomic mass is 16.5. The Morgan fingerprint density at radius 3 is 2.27 bits per heavy atom. The number of carbonyl (C=O) groups is 1. The van der Waals surface area contributed by atoms with E-state index in [1.807, 2.05) is 61.5 Å². The predicted octanol–water partition coefficient (Wildman–Crippen LogP) is 3.88. The summed E-state index contributed by atoms with van der Waals surface area (Å²) in [4.78, 5) is 11.8. The van der Waals surface area contributed by atoms with Crippen LogP contribution in [0.3, 0.4) is 0 Å². The zero-order chi connectivity index (χ0) is 15.6. The molecule has 4 nitrogen and oxygen atoms in total. The first-order valence-electron chi connectivity index (χ1n) is 7.49. The molecule has 1 amide bonds. The summed E-state index contributed by atoms with van der Waals surface area (Å²) >= 11 is 0. The average Bonchev–Trinajstić information content (AvgIpc) is 2.54. The van der Waals surface area contributed by atoms with Crippen LogP contribution in [-0.2, 0) is 4.79 Å². The molecular formula is C18H21NO3. The Bertz CT molecular complexity index is 584. The first-order chi connectivity index (χ1) is 10.8. The van der Waals surface area contributed by atoms with Crippen molar-refractivity contribution in [1.82, 2.24) is 0 Å². The van der Waals surface area contributed by atoms with E-state index in [4.69, 9.17) is 9.47 Å². The van der Waals surface area contributed by atoms with Gasteiger partial charge in [-0.15, -0.1) is 0 Å². The second-order valence-corrected chi connectivity index (χ2v) is 4.75. The van der Waals surface area contributed by atoms with E-state index in [0.29, 0.717) is 31.8 Å². The molecule has 0 unspecified atom stereocenters. The zero-order valence-corrected chi connectivity index (χ0v) is 12.7. The number of nitrogens with one attached hydrogen (secondary N) is 1. The summed E-state index contributed by atoms with van der Waals surface area (Å²) in [5.41, 5.74) is 0.815. The van der Waals surface area contributed by atoms with Gasteiger partial charge in [-0.3, -0.25) is 4.79 Å². The number of anilines is 1. The summed E-state index contributed by atoms with van der Waals surface area (Å²) in [5.74, 6) is 1.44. The molecule has 0 heterocycles. The summed E-state index contributed by atoms with van der Waals surface area (Å²) in [5, 5.41) is 2.85. The smallest absolute Gasteiger partial charge is 0.224 e. The number of benzene rings is 2. The van der Waals surface area contributed by atoms with Crippen LogP contribution in [0.5, 0.6) is 11.5 Å². The van der Waals surface area contributed by atoms with Gasteiger partial charge in [0.05, 0.1) is 13.2 Å². The quantitative estimate of drug-likeness (QED) is 0.752. The summed E-state index contributed by atoms with van der Waals surface area (Å²) in [6.45, 7) is 3.01. The van der Waals surface area contributed by atoms with Crippen molar-refractivity contribution in [3.05, 3.63) is 54.6 Å². The maximum absolute atomic E-state index is 11.8. The summed E-state index contributed by atoms with van der Waals surface area (Å²) < 4.78 is 11.2. The van der Waals surface area contributed by atoms with Crippen LogP contribution in [-0.4, -0.2) is 19.1 Å². The van der Waals surface area contributed by atoms with Crippen molar-refractivity contribution in [1.29, 1.82) is 0 Å². The molecule has 0 bridgehead atoms. The first kappa shape index (κ1) is 15.9. The summed E-state index contributed by atoms with van der Waals surface area (Å²) in [6, 6.07) is 17.0. The molecule has 22 heavy (non-hydrogen) atoms. The van der Waals surface area contributed by atoms with Gasteiger partial charge in [-0.2, -0.15) is 0 Å². The second-order valence-electron chi connectivity index (χ2n) is 4.75. The molecule has 2 rings (SSSR count). The van der Waals surface area contributed by atoms with Crippen molar-refractivity contribution in [2.24, 2.45) is 0 Å². The molecule has 0 saturated heterocycles. The van der Waals surface area contributed by atoms with Gasteiger partial charge in [-0.1, -0.05) is 30.3 Å². The van der Waals surface area contributed by atoms with E-state index in [-0.39, 0.29) is 5.91 Å². The predicted molar refractivity (Wildman–Crippen MR) is 87.4 cm³/mol. The van der Waals surface area contributed by atoms with Crippen LogP contribution in [0.25, 0.3) is 0 Å². The van der Waals surface area contributed by atoms with E-state index in [1.165, 1.54) is 0 Å². The van der Waals surface area contributed by atoms with Crippen LogP contribution in [0.15, 0.2) is 54.6 Å². The Morgan fingerprint density at radius 1 is 0.955 bits per heavy atom. The Kier molecular flexibility index (Phi) is 6.30. The molecule has 0 fully saturated rings. The molecule has 0 aliphatic carbocycles. The number of rotatable bonds is 8. The Morgan fingerprint density at radius 2 is 1.59 bits per heavy atom. The monoisotopic (exact) mass is 299 g/mol. The van der Waals surface area contributed by atoms with E-state index in [0.717, 1.165) is 11.4 Å². The molecule has 0 radical (unpaired) electrons. The number of hydrogen-bond donors (Lipinski definition) is 1. The zero-order valence-electron chi connectivity index (χ0n) is 12.7. The minimum Gasteiger partial charge on any atom is -0.490 e. The summed E-state index contributed by atoms with van der Waals surface area (Å²) in [6.07, 6.45) is 1.07. The third-order valence-electron chi connectivity index (χ3n) is 3.01. The molecular weight excluding hydrogens is 278 g/mol. The number of hydrogen-bond acceptors (Lipinski definition) is 3. The minimum absolute atomic E-state index is 0.00658. The molecule has 0 aliphatic rings. The lowest BCUT2D eigenvalue weighted by Gasteiger charge is -2.11. The van der Waals surface area contributed by atoms with Crippen LogP contribution in [0.2, 0.25) is 0 Å². The van der Waals surface area contributed by atoms with Crippen molar-refractivity contribution in [2.75, 3.05) is 18.5 Å². The number of ether oxygens (including phenoxy) is 2. The molecule has 0 aromatic heterocycles. The first-order valence-corrected chi connectivity index (χ1v) is 7.49. The van der Waals surface area contributed by atoms with Crippen LogP contribution in [0.1, 0.15) is 19.8 Å². The van der Waals surface area contributed by atoms with Gasteiger partial charge in [0.25, 0.3) is 0 Å². The molecule has 0 spiro atoms. The van der Waals surface area contributed by atoms with Gasteiger partial charge in [-0.25, -0.2) is 0 Å². The SMILES string of the molecule is CCOc1ccccc1OCCCC(=O)Nc1ccccc1. The average molecular weight is 299 g/mol. The topological polar surface area (TPSA) is 47.6 Å². The lowest BCUT2D eigenvalue weighted by atomic mass is 10.2. The van der Waals surface area contributed by atoms with E-state index >= 15 is 0 Å². The highest BCUT2D eigenvalue weighted by molar-refractivity contribution is 5.90. The highest BCUT2D eigenvalue weighted by Crippen LogP contribution is 2.26. The van der Waals surface area contributed by atoms with Crippen molar-refractivity contribution < 1.29 is 14.3 Å². The molecule has 0 saturated carbocycles. The third kappa shape index (κ3) is 5.13. The molecule has 4 heteroatoms. The second kappa shape index (κ2) is 8.72. The maximum Gasteiger partial charge on any atom is 0.224 e. The fourth-order valence-electron chi connectivity index (χ4n) is 2.00. The molecule has 0 aliphatic heterocycles. The summed E-state index contributed by atoms with van der Waals surface area (Å²) in [7, 11) is 0. The van der Waals surface area contributed by atoms with Gasteiger partial charge in [0, 0.05) is 12.1 Å². The fourth-order valence-corrected chi connectivity index (χ4v) is 2.00.